The average Bonchev–Trinajstić information content (AvgIpc) is 2.76. The lowest BCUT2D eigenvalue weighted by Gasteiger charge is -2.35. The van der Waals surface area contributed by atoms with Crippen molar-refractivity contribution in [1.29, 1.82) is 0 Å². The molecule has 0 radical (unpaired) electrons. The molecule has 1 unspecified atom stereocenters. The highest BCUT2D eigenvalue weighted by molar-refractivity contribution is 4.86. The minimum atomic E-state index is 0.455. The van der Waals surface area contributed by atoms with Gasteiger partial charge in [-0.3, -0.25) is 0 Å². The van der Waals surface area contributed by atoms with Crippen LogP contribution in [-0.4, -0.2) is 51.8 Å². The molecule has 0 saturated carbocycles. The quantitative estimate of drug-likeness (QED) is 0.704. The van der Waals surface area contributed by atoms with Gasteiger partial charge in [0.2, 0.25) is 0 Å². The van der Waals surface area contributed by atoms with E-state index in [1.165, 1.54) is 38.9 Å². The van der Waals surface area contributed by atoms with E-state index in [1.54, 1.807) is 0 Å². The topological polar surface area (TPSA) is 24.5 Å². The first-order valence-corrected chi connectivity index (χ1v) is 7.05. The average molecular weight is 242 g/mol. The Bertz CT molecular complexity index is 204. The predicted molar refractivity (Wildman–Crippen MR) is 73.4 cm³/mol. The second-order valence-corrected chi connectivity index (χ2v) is 5.58. The molecule has 3 nitrogen and oxygen atoms in total. The van der Waals surface area contributed by atoms with E-state index in [-0.39, 0.29) is 0 Å². The molecule has 1 atom stereocenters. The van der Waals surface area contributed by atoms with Crippen LogP contribution in [0.3, 0.4) is 0 Å². The van der Waals surface area contributed by atoms with E-state index in [1.807, 2.05) is 7.11 Å². The number of hydrogen-bond donors (Lipinski definition) is 1. The summed E-state index contributed by atoms with van der Waals surface area (Å²) < 4.78 is 5.27. The van der Waals surface area contributed by atoms with Crippen LogP contribution in [0, 0.1) is 11.3 Å². The third-order valence-electron chi connectivity index (χ3n) is 4.38. The van der Waals surface area contributed by atoms with Crippen molar-refractivity contribution in [3.05, 3.63) is 0 Å². The van der Waals surface area contributed by atoms with Gasteiger partial charge >= 0.3 is 0 Å². The van der Waals surface area contributed by atoms with Gasteiger partial charge in [0.15, 0.2) is 0 Å². The second-order valence-electron chi connectivity index (χ2n) is 5.58. The molecule has 0 spiro atoms. The van der Waals surface area contributed by atoms with Gasteiger partial charge in [0.1, 0.15) is 0 Å². The fraction of sp³-hybridized carbons (Fsp3) is 1.00. The Morgan fingerprint density at radius 3 is 2.59 bits per heavy atom. The van der Waals surface area contributed by atoms with Crippen molar-refractivity contribution in [2.75, 3.05) is 46.9 Å². The van der Waals surface area contributed by atoms with E-state index in [4.69, 9.17) is 4.74 Å². The summed E-state index contributed by atoms with van der Waals surface area (Å²) in [6, 6.07) is 0. The van der Waals surface area contributed by atoms with Crippen molar-refractivity contribution in [2.45, 2.75) is 33.1 Å². The van der Waals surface area contributed by atoms with Crippen LogP contribution in [0.1, 0.15) is 33.1 Å². The molecule has 1 saturated heterocycles. The molecule has 0 aliphatic carbocycles. The van der Waals surface area contributed by atoms with E-state index in [9.17, 15) is 0 Å². The number of rotatable bonds is 8. The highest BCUT2D eigenvalue weighted by atomic mass is 16.5. The van der Waals surface area contributed by atoms with E-state index in [2.05, 4.69) is 31.1 Å². The van der Waals surface area contributed by atoms with Crippen LogP contribution in [0.4, 0.5) is 0 Å². The van der Waals surface area contributed by atoms with Crippen LogP contribution in [0.25, 0.3) is 0 Å². The summed E-state index contributed by atoms with van der Waals surface area (Å²) in [7, 11) is 3.88. The molecule has 1 aliphatic rings. The molecule has 0 aromatic rings. The fourth-order valence-electron chi connectivity index (χ4n) is 3.06. The molecule has 102 valence electrons. The number of hydrogen-bond acceptors (Lipinski definition) is 3. The van der Waals surface area contributed by atoms with E-state index in [0.29, 0.717) is 5.41 Å². The van der Waals surface area contributed by atoms with Crippen LogP contribution in [-0.2, 0) is 4.74 Å². The molecule has 1 N–H and O–H groups in total. The summed E-state index contributed by atoms with van der Waals surface area (Å²) in [6.45, 7) is 10.4. The highest BCUT2D eigenvalue weighted by Gasteiger charge is 2.31. The molecule has 0 aromatic heterocycles. The smallest absolute Gasteiger partial charge is 0.0503 e. The van der Waals surface area contributed by atoms with E-state index < -0.39 is 0 Å². The SMILES string of the molecule is CCC(CC)(CNC)CN1CCC(COC)C1. The van der Waals surface area contributed by atoms with Crippen molar-refractivity contribution in [3.63, 3.8) is 0 Å². The number of nitrogens with one attached hydrogen (secondary N) is 1. The third-order valence-corrected chi connectivity index (χ3v) is 4.38. The van der Waals surface area contributed by atoms with Gasteiger partial charge in [-0.25, -0.2) is 0 Å². The molecule has 0 amide bonds. The van der Waals surface area contributed by atoms with Crippen LogP contribution in [0.2, 0.25) is 0 Å². The highest BCUT2D eigenvalue weighted by Crippen LogP contribution is 2.29. The Morgan fingerprint density at radius 2 is 2.06 bits per heavy atom. The first kappa shape index (κ1) is 14.9. The van der Waals surface area contributed by atoms with E-state index in [0.717, 1.165) is 19.1 Å². The molecule has 0 bridgehead atoms. The molecule has 1 heterocycles. The fourth-order valence-corrected chi connectivity index (χ4v) is 3.06. The Balaban J connectivity index is 2.45. The number of likely N-dealkylation sites (tertiary alicyclic amines) is 1. The van der Waals surface area contributed by atoms with Gasteiger partial charge in [0.25, 0.3) is 0 Å². The lowest BCUT2D eigenvalue weighted by atomic mass is 9.81. The normalized spacial score (nSPS) is 22.2. The monoisotopic (exact) mass is 242 g/mol. The van der Waals surface area contributed by atoms with Gasteiger partial charge in [-0.1, -0.05) is 13.8 Å². The lowest BCUT2D eigenvalue weighted by Crippen LogP contribution is -2.42. The molecule has 17 heavy (non-hydrogen) atoms. The minimum Gasteiger partial charge on any atom is -0.384 e. The van der Waals surface area contributed by atoms with Gasteiger partial charge in [-0.15, -0.1) is 0 Å². The summed E-state index contributed by atoms with van der Waals surface area (Å²) >= 11 is 0. The van der Waals surface area contributed by atoms with Gasteiger partial charge in [0.05, 0.1) is 6.61 Å². The molecular formula is C14H30N2O. The number of methoxy groups -OCH3 is 1. The van der Waals surface area contributed by atoms with Gasteiger partial charge in [0, 0.05) is 26.7 Å². The molecule has 1 rings (SSSR count). The van der Waals surface area contributed by atoms with Crippen molar-refractivity contribution in [1.82, 2.24) is 10.2 Å². The van der Waals surface area contributed by atoms with Gasteiger partial charge in [-0.05, 0) is 44.2 Å². The minimum absolute atomic E-state index is 0.455. The van der Waals surface area contributed by atoms with E-state index >= 15 is 0 Å². The third kappa shape index (κ3) is 4.23. The first-order chi connectivity index (χ1) is 8.19. The largest absolute Gasteiger partial charge is 0.384 e. The Labute approximate surface area is 107 Å². The molecule has 1 aliphatic heterocycles. The lowest BCUT2D eigenvalue weighted by molar-refractivity contribution is 0.132. The second kappa shape index (κ2) is 7.34. The molecule has 1 fully saturated rings. The maximum absolute atomic E-state index is 5.27. The molecular weight excluding hydrogens is 212 g/mol. The van der Waals surface area contributed by atoms with Crippen molar-refractivity contribution in [2.24, 2.45) is 11.3 Å². The Morgan fingerprint density at radius 1 is 1.35 bits per heavy atom. The van der Waals surface area contributed by atoms with Crippen LogP contribution >= 0.6 is 0 Å². The predicted octanol–water partition coefficient (Wildman–Crippen LogP) is 1.98. The van der Waals surface area contributed by atoms with Gasteiger partial charge in [-0.2, -0.15) is 0 Å². The van der Waals surface area contributed by atoms with Crippen molar-refractivity contribution in [3.8, 4) is 0 Å². The summed E-state index contributed by atoms with van der Waals surface area (Å²) in [5.74, 6) is 0.751. The number of nitrogens with zero attached hydrogens (tertiary/aromatic N) is 1. The Hall–Kier alpha value is -0.120. The first-order valence-electron chi connectivity index (χ1n) is 7.05. The van der Waals surface area contributed by atoms with Crippen LogP contribution in [0.15, 0.2) is 0 Å². The summed E-state index contributed by atoms with van der Waals surface area (Å²) in [6.07, 6.45) is 3.82. The zero-order chi connectivity index (χ0) is 12.7. The van der Waals surface area contributed by atoms with Gasteiger partial charge < -0.3 is 15.0 Å². The Kier molecular flexibility index (Phi) is 6.45. The van der Waals surface area contributed by atoms with Crippen LogP contribution in [0.5, 0.6) is 0 Å². The van der Waals surface area contributed by atoms with Crippen molar-refractivity contribution >= 4 is 0 Å². The zero-order valence-electron chi connectivity index (χ0n) is 12.1. The number of ether oxygens (including phenoxy) is 1. The zero-order valence-corrected chi connectivity index (χ0v) is 12.1. The summed E-state index contributed by atoms with van der Waals surface area (Å²) in [4.78, 5) is 2.63. The molecule has 0 aromatic carbocycles. The maximum Gasteiger partial charge on any atom is 0.0503 e. The van der Waals surface area contributed by atoms with Crippen molar-refractivity contribution < 1.29 is 4.74 Å². The maximum atomic E-state index is 5.27. The summed E-state index contributed by atoms with van der Waals surface area (Å²) in [5, 5.41) is 3.37. The summed E-state index contributed by atoms with van der Waals surface area (Å²) in [5.41, 5.74) is 0.455. The standard InChI is InChI=1S/C14H30N2O/c1-5-14(6-2,11-15-3)12-16-8-7-13(9-16)10-17-4/h13,15H,5-12H2,1-4H3. The molecule has 3 heteroatoms. The van der Waals surface area contributed by atoms with Crippen LogP contribution < -0.4 is 5.32 Å².